The Morgan fingerprint density at radius 2 is 1.50 bits per heavy atom. The first kappa shape index (κ1) is 13.3. The molecule has 0 radical (unpaired) electrons. The number of para-hydroxylation sites is 1. The van der Waals surface area contributed by atoms with Gasteiger partial charge in [-0.05, 0) is 29.3 Å². The lowest BCUT2D eigenvalue weighted by Gasteiger charge is -2.25. The Bertz CT molecular complexity index is 903. The van der Waals surface area contributed by atoms with Crippen molar-refractivity contribution >= 4 is 12.9 Å². The number of hydrogen-bond donors (Lipinski definition) is 1. The molecule has 0 fully saturated rings. The van der Waals surface area contributed by atoms with Crippen LogP contribution in [0.3, 0.4) is 0 Å². The van der Waals surface area contributed by atoms with E-state index < -0.39 is 7.60 Å². The van der Waals surface area contributed by atoms with Crippen LogP contribution < -0.4 is 9.83 Å². The van der Waals surface area contributed by atoms with Crippen LogP contribution in [0.5, 0.6) is 5.75 Å². The van der Waals surface area contributed by atoms with Crippen LogP contribution in [0.15, 0.2) is 72.8 Å². The van der Waals surface area contributed by atoms with E-state index in [0.717, 1.165) is 22.3 Å². The van der Waals surface area contributed by atoms with Crippen LogP contribution in [0.1, 0.15) is 0 Å². The fourth-order valence-electron chi connectivity index (χ4n) is 2.76. The van der Waals surface area contributed by atoms with Crippen molar-refractivity contribution in [2.75, 3.05) is 0 Å². The quantitative estimate of drug-likeness (QED) is 0.685. The average molecular weight is 308 g/mol. The summed E-state index contributed by atoms with van der Waals surface area (Å²) < 4.78 is 17.7. The lowest BCUT2D eigenvalue weighted by molar-refractivity contribution is 0.392. The van der Waals surface area contributed by atoms with Gasteiger partial charge in [-0.3, -0.25) is 0 Å². The molecule has 3 aromatic rings. The minimum atomic E-state index is -3.82. The largest absolute Gasteiger partial charge is 0.421 e. The highest BCUT2D eigenvalue weighted by atomic mass is 31.2. The zero-order chi connectivity index (χ0) is 15.2. The Morgan fingerprint density at radius 3 is 2.32 bits per heavy atom. The second-order valence-corrected chi connectivity index (χ2v) is 6.91. The van der Waals surface area contributed by atoms with Crippen LogP contribution in [0.4, 0.5) is 0 Å². The molecule has 1 unspecified atom stereocenters. The fraction of sp³-hybridized carbons (Fsp3) is 0. The second-order valence-electron chi connectivity index (χ2n) is 5.21. The minimum absolute atomic E-state index is 0.353. The van der Waals surface area contributed by atoms with Crippen molar-refractivity contribution in [3.63, 3.8) is 0 Å². The zero-order valence-electron chi connectivity index (χ0n) is 11.6. The predicted molar refractivity (Wildman–Crippen MR) is 87.4 cm³/mol. The van der Waals surface area contributed by atoms with E-state index in [1.165, 1.54) is 0 Å². The molecule has 1 aliphatic heterocycles. The SMILES string of the molecule is O=P1(O)Oc2ccccc2-c2cc(-c3ccccc3)ccc21. The first-order valence-electron chi connectivity index (χ1n) is 6.97. The number of hydrogen-bond acceptors (Lipinski definition) is 2. The summed E-state index contributed by atoms with van der Waals surface area (Å²) in [7, 11) is -3.82. The first-order chi connectivity index (χ1) is 10.6. The summed E-state index contributed by atoms with van der Waals surface area (Å²) in [6.45, 7) is 0. The van der Waals surface area contributed by atoms with Crippen LogP contribution in [0.25, 0.3) is 22.3 Å². The van der Waals surface area contributed by atoms with Crippen molar-refractivity contribution in [2.24, 2.45) is 0 Å². The maximum absolute atomic E-state index is 12.4. The average Bonchev–Trinajstić information content (AvgIpc) is 2.55. The van der Waals surface area contributed by atoms with Gasteiger partial charge in [0.15, 0.2) is 0 Å². The van der Waals surface area contributed by atoms with Gasteiger partial charge in [0.05, 0.1) is 5.30 Å². The maximum atomic E-state index is 12.4. The van der Waals surface area contributed by atoms with Gasteiger partial charge in [0, 0.05) is 11.1 Å². The van der Waals surface area contributed by atoms with Crippen LogP contribution in [-0.2, 0) is 4.57 Å². The van der Waals surface area contributed by atoms with Gasteiger partial charge in [0.2, 0.25) is 0 Å². The third-order valence-corrected chi connectivity index (χ3v) is 5.25. The van der Waals surface area contributed by atoms with Crippen LogP contribution in [-0.4, -0.2) is 4.89 Å². The summed E-state index contributed by atoms with van der Waals surface area (Å²) in [4.78, 5) is 10.2. The first-order valence-corrected chi connectivity index (χ1v) is 8.55. The standard InChI is InChI=1S/C18H13O3P/c19-22(20)18-11-10-14(13-6-2-1-3-7-13)12-16(18)15-8-4-5-9-17(15)21-22/h1-12H,(H,19,20). The zero-order valence-corrected chi connectivity index (χ0v) is 12.5. The maximum Gasteiger partial charge on any atom is 0.408 e. The summed E-state index contributed by atoms with van der Waals surface area (Å²) in [5.41, 5.74) is 3.68. The minimum Gasteiger partial charge on any atom is -0.421 e. The molecule has 4 rings (SSSR count). The molecule has 1 heterocycles. The van der Waals surface area contributed by atoms with Gasteiger partial charge in [0.25, 0.3) is 0 Å². The Labute approximate surface area is 128 Å². The molecule has 1 aliphatic rings. The van der Waals surface area contributed by atoms with Gasteiger partial charge in [-0.15, -0.1) is 0 Å². The Morgan fingerprint density at radius 1 is 0.773 bits per heavy atom. The molecule has 0 aliphatic carbocycles. The number of rotatable bonds is 1. The van der Waals surface area contributed by atoms with Gasteiger partial charge < -0.3 is 9.42 Å². The molecule has 1 atom stereocenters. The third-order valence-electron chi connectivity index (χ3n) is 3.81. The summed E-state index contributed by atoms with van der Waals surface area (Å²) in [6, 6.07) is 22.8. The molecule has 0 saturated carbocycles. The molecule has 0 amide bonds. The summed E-state index contributed by atoms with van der Waals surface area (Å²) in [6.07, 6.45) is 0. The molecule has 4 heteroatoms. The van der Waals surface area contributed by atoms with Gasteiger partial charge in [-0.1, -0.05) is 54.6 Å². The molecule has 3 aromatic carbocycles. The molecule has 108 valence electrons. The predicted octanol–water partition coefficient (Wildman–Crippen LogP) is 4.22. The number of benzene rings is 3. The van der Waals surface area contributed by atoms with Crippen molar-refractivity contribution < 1.29 is 14.0 Å². The van der Waals surface area contributed by atoms with Crippen molar-refractivity contribution in [1.82, 2.24) is 0 Å². The monoisotopic (exact) mass is 308 g/mol. The molecule has 0 bridgehead atoms. The fourth-order valence-corrected chi connectivity index (χ4v) is 4.04. The lowest BCUT2D eigenvalue weighted by atomic mass is 9.98. The smallest absolute Gasteiger partial charge is 0.408 e. The van der Waals surface area contributed by atoms with E-state index in [1.807, 2.05) is 54.6 Å². The van der Waals surface area contributed by atoms with Crippen LogP contribution in [0.2, 0.25) is 0 Å². The second kappa shape index (κ2) is 4.84. The topological polar surface area (TPSA) is 46.5 Å². The van der Waals surface area contributed by atoms with Crippen LogP contribution >= 0.6 is 7.60 Å². The molecule has 0 aromatic heterocycles. The lowest BCUT2D eigenvalue weighted by Crippen LogP contribution is -2.17. The van der Waals surface area contributed by atoms with Crippen molar-refractivity contribution in [3.8, 4) is 28.0 Å². The van der Waals surface area contributed by atoms with E-state index in [4.69, 9.17) is 4.52 Å². The van der Waals surface area contributed by atoms with Crippen molar-refractivity contribution in [1.29, 1.82) is 0 Å². The van der Waals surface area contributed by atoms with Gasteiger partial charge in [0.1, 0.15) is 5.75 Å². The van der Waals surface area contributed by atoms with E-state index in [0.29, 0.717) is 11.1 Å². The van der Waals surface area contributed by atoms with Gasteiger partial charge in [-0.25, -0.2) is 4.57 Å². The highest BCUT2D eigenvalue weighted by molar-refractivity contribution is 7.62. The van der Waals surface area contributed by atoms with Crippen LogP contribution in [0, 0.1) is 0 Å². The molecular formula is C18H13O3P. The Balaban J connectivity index is 1.97. The summed E-state index contributed by atoms with van der Waals surface area (Å²) in [5.74, 6) is 0.450. The molecule has 3 nitrogen and oxygen atoms in total. The van der Waals surface area contributed by atoms with E-state index in [2.05, 4.69) is 0 Å². The summed E-state index contributed by atoms with van der Waals surface area (Å²) >= 11 is 0. The van der Waals surface area contributed by atoms with Crippen molar-refractivity contribution in [2.45, 2.75) is 0 Å². The molecule has 22 heavy (non-hydrogen) atoms. The molecular weight excluding hydrogens is 295 g/mol. The van der Waals surface area contributed by atoms with E-state index in [9.17, 15) is 9.46 Å². The van der Waals surface area contributed by atoms with Gasteiger partial charge >= 0.3 is 7.60 Å². The number of fused-ring (bicyclic) bond motifs is 3. The van der Waals surface area contributed by atoms with E-state index in [1.54, 1.807) is 18.2 Å². The van der Waals surface area contributed by atoms with E-state index >= 15 is 0 Å². The van der Waals surface area contributed by atoms with Crippen molar-refractivity contribution in [3.05, 3.63) is 72.8 Å². The molecule has 0 spiro atoms. The highest BCUT2D eigenvalue weighted by Crippen LogP contribution is 2.52. The molecule has 0 saturated heterocycles. The normalized spacial score (nSPS) is 19.0. The highest BCUT2D eigenvalue weighted by Gasteiger charge is 2.34. The molecule has 1 N–H and O–H groups in total. The van der Waals surface area contributed by atoms with Gasteiger partial charge in [-0.2, -0.15) is 0 Å². The summed E-state index contributed by atoms with van der Waals surface area (Å²) in [5, 5.41) is 0.353. The Kier molecular flexibility index (Phi) is 2.93. The third kappa shape index (κ3) is 2.07. The van der Waals surface area contributed by atoms with E-state index in [-0.39, 0.29) is 0 Å². The Hall–Kier alpha value is -2.35.